The van der Waals surface area contributed by atoms with Gasteiger partial charge in [-0.3, -0.25) is 0 Å². The number of hydrogen-bond acceptors (Lipinski definition) is 0. The molecule has 0 atom stereocenters. The van der Waals surface area contributed by atoms with Crippen molar-refractivity contribution in [1.82, 2.24) is 0 Å². The van der Waals surface area contributed by atoms with E-state index in [2.05, 4.69) is 0 Å². The van der Waals surface area contributed by atoms with Crippen molar-refractivity contribution in [2.45, 2.75) is 0 Å². The van der Waals surface area contributed by atoms with Gasteiger partial charge in [-0.25, -0.2) is 0 Å². The first-order chi connectivity index (χ1) is 0. The Morgan fingerprint density at radius 3 is 0.667 bits per heavy atom. The summed E-state index contributed by atoms with van der Waals surface area (Å²) in [6, 6.07) is 0. The van der Waals surface area contributed by atoms with Gasteiger partial charge >= 0.3 is 0 Å². The molecule has 3 nitrogen and oxygen atoms in total. The zero-order valence-corrected chi connectivity index (χ0v) is 9.02. The zero-order chi connectivity index (χ0) is 0. The van der Waals surface area contributed by atoms with Crippen LogP contribution in [-0.4, -0.2) is 26.2 Å². The van der Waals surface area contributed by atoms with Crippen molar-refractivity contribution in [1.29, 1.82) is 0 Å². The van der Waals surface area contributed by atoms with Crippen molar-refractivity contribution in [3.63, 3.8) is 0 Å². The molecule has 6 heavy (non-hydrogen) atoms. The molecule has 0 bridgehead atoms. The molecule has 0 N–H and O–H groups in total. The third kappa shape index (κ3) is 38.0. The minimum Gasteiger partial charge on any atom is -2.00 e. The molecule has 0 aromatic heterocycles. The van der Waals surface area contributed by atoms with E-state index in [0.29, 0.717) is 0 Å². The average molecular weight is 409 g/mol. The molecule has 0 saturated carbocycles. The third-order valence-electron chi connectivity index (χ3n) is 0. The first-order valence-corrected chi connectivity index (χ1v) is 0. The third-order valence-corrected chi connectivity index (χ3v) is 0. The van der Waals surface area contributed by atoms with Gasteiger partial charge in [0.15, 0.2) is 0 Å². The molecule has 0 rings (SSSR count). The predicted octanol–water partition coefficient (Wildman–Crippen LogP) is -0.742. The van der Waals surface area contributed by atoms with E-state index in [0.717, 1.165) is 0 Å². The van der Waals surface area contributed by atoms with E-state index >= 15 is 0 Å². The number of hydrogen-bond donors (Lipinski definition) is 0. The minimum absolute atomic E-state index is 0. The van der Waals surface area contributed by atoms with Gasteiger partial charge in [0.05, 0.1) is 0 Å². The Balaban J connectivity index is 0. The molecule has 0 amide bonds. The molecule has 0 aliphatic rings. The zero-order valence-electron chi connectivity index (χ0n) is 2.43. The van der Waals surface area contributed by atoms with Crippen molar-refractivity contribution >= 4 is 26.2 Å². The van der Waals surface area contributed by atoms with Gasteiger partial charge in [-0.05, 0) is 0 Å². The number of rotatable bonds is 0. The molecule has 0 aromatic rings. The molecule has 0 aromatic carbocycles. The largest absolute Gasteiger partial charge is 2.00 e. The Kier molecular flexibility index (Phi) is 1060. The summed E-state index contributed by atoms with van der Waals surface area (Å²) in [6.45, 7) is 0. The molecule has 6 heteroatoms. The van der Waals surface area contributed by atoms with E-state index in [1.54, 1.807) is 0 Å². The molecule has 0 spiro atoms. The van der Waals surface area contributed by atoms with E-state index in [1.807, 2.05) is 0 Å². The molecule has 0 unspecified atom stereocenters. The summed E-state index contributed by atoms with van der Waals surface area (Å²) in [5, 5.41) is 0. The Morgan fingerprint density at radius 1 is 0.667 bits per heavy atom. The smallest absolute Gasteiger partial charge is 0 e. The first kappa shape index (κ1) is 99.7. The average Bonchev–Trinajstić information content (AvgIpc) is 0. The second-order valence-corrected chi connectivity index (χ2v) is 0. The maximum Gasteiger partial charge on any atom is 0 e. The standard InChI is InChI=1S/Bi.Fe.Mo.3O/q;;;3*-2. The van der Waals surface area contributed by atoms with Crippen molar-refractivity contribution in [2.75, 3.05) is 0 Å². The van der Waals surface area contributed by atoms with Crippen LogP contribution in [0.4, 0.5) is 0 Å². The van der Waals surface area contributed by atoms with Crippen molar-refractivity contribution < 1.29 is 54.6 Å². The van der Waals surface area contributed by atoms with Crippen LogP contribution in [0.2, 0.25) is 0 Å². The van der Waals surface area contributed by atoms with Gasteiger partial charge in [-0.2, -0.15) is 0 Å². The van der Waals surface area contributed by atoms with Crippen molar-refractivity contribution in [2.24, 2.45) is 0 Å². The molecule has 0 aliphatic heterocycles. The van der Waals surface area contributed by atoms with E-state index < -0.39 is 0 Å². The summed E-state index contributed by atoms with van der Waals surface area (Å²) in [7, 11) is 0. The molecular weight excluding hydrogens is 409 g/mol. The van der Waals surface area contributed by atoms with Crippen molar-refractivity contribution in [3.05, 3.63) is 0 Å². The molecule has 0 fully saturated rings. The Morgan fingerprint density at radius 2 is 0.667 bits per heavy atom. The van der Waals surface area contributed by atoms with Gasteiger partial charge in [0.25, 0.3) is 0 Å². The molecule has 3 radical (unpaired) electrons. The maximum atomic E-state index is 0. The van der Waals surface area contributed by atoms with Crippen LogP contribution < -0.4 is 0 Å². The summed E-state index contributed by atoms with van der Waals surface area (Å²) in [5.41, 5.74) is 0. The van der Waals surface area contributed by atoms with Gasteiger partial charge in [-0.15, -0.1) is 0 Å². The second kappa shape index (κ2) is 64.0. The molecule has 0 saturated heterocycles. The van der Waals surface area contributed by atoms with E-state index in [-0.39, 0.29) is 80.8 Å². The summed E-state index contributed by atoms with van der Waals surface area (Å²) < 4.78 is 0. The first-order valence-electron chi connectivity index (χ1n) is 0. The summed E-state index contributed by atoms with van der Waals surface area (Å²) in [6.07, 6.45) is 0. The summed E-state index contributed by atoms with van der Waals surface area (Å²) in [5.74, 6) is 0. The van der Waals surface area contributed by atoms with Crippen LogP contribution in [0.1, 0.15) is 0 Å². The van der Waals surface area contributed by atoms with E-state index in [1.165, 1.54) is 0 Å². The normalized spacial score (nSPS) is 0. The van der Waals surface area contributed by atoms with Crippen molar-refractivity contribution in [3.8, 4) is 0 Å². The van der Waals surface area contributed by atoms with Crippen LogP contribution >= 0.6 is 0 Å². The predicted molar refractivity (Wildman–Crippen MR) is 7.81 cm³/mol. The van der Waals surface area contributed by atoms with Crippen LogP contribution in [0.5, 0.6) is 0 Å². The van der Waals surface area contributed by atoms with Gasteiger partial charge in [0, 0.05) is 64.3 Å². The monoisotopic (exact) mass is 411 g/mol. The Hall–Kier alpha value is 1.97. The molecule has 0 heterocycles. The van der Waals surface area contributed by atoms with E-state index in [4.69, 9.17) is 0 Å². The molecule has 43 valence electrons. The summed E-state index contributed by atoms with van der Waals surface area (Å²) in [4.78, 5) is 0. The maximum absolute atomic E-state index is 0. The molecular formula is BiFeMoO3-6. The van der Waals surface area contributed by atoms with Gasteiger partial charge in [-0.1, -0.05) is 0 Å². The second-order valence-electron chi connectivity index (χ2n) is 0. The van der Waals surface area contributed by atoms with Crippen LogP contribution in [0.15, 0.2) is 0 Å². The fraction of sp³-hybridized carbons (Fsp3) is 0. The topological polar surface area (TPSA) is 85.5 Å². The van der Waals surface area contributed by atoms with Crippen LogP contribution in [0.25, 0.3) is 0 Å². The summed E-state index contributed by atoms with van der Waals surface area (Å²) >= 11 is 0. The Labute approximate surface area is 80.0 Å². The minimum atomic E-state index is 0. The van der Waals surface area contributed by atoms with Crippen LogP contribution in [0.3, 0.4) is 0 Å². The molecule has 0 aliphatic carbocycles. The Bertz CT molecular complexity index is 10.8. The quantitative estimate of drug-likeness (QED) is 0.473. The van der Waals surface area contributed by atoms with Gasteiger partial charge in [0.2, 0.25) is 0 Å². The van der Waals surface area contributed by atoms with Crippen LogP contribution in [0, 0.1) is 0 Å². The fourth-order valence-electron chi connectivity index (χ4n) is 0. The van der Waals surface area contributed by atoms with Gasteiger partial charge in [0.1, 0.15) is 0 Å². The van der Waals surface area contributed by atoms with Gasteiger partial charge < -0.3 is 16.4 Å². The fourth-order valence-corrected chi connectivity index (χ4v) is 0. The SMILES string of the molecule is [Bi].[Fe].[Mo].[O-2].[O-2].[O-2]. The van der Waals surface area contributed by atoms with E-state index in [9.17, 15) is 0 Å². The van der Waals surface area contributed by atoms with Crippen LogP contribution in [-0.2, 0) is 54.6 Å².